The van der Waals surface area contributed by atoms with E-state index in [1.165, 1.54) is 17.5 Å². The van der Waals surface area contributed by atoms with E-state index in [4.69, 9.17) is 15.5 Å². The van der Waals surface area contributed by atoms with E-state index >= 15 is 0 Å². The summed E-state index contributed by atoms with van der Waals surface area (Å²) in [6.45, 7) is 15.1. The molecule has 7 nitrogen and oxygen atoms in total. The highest BCUT2D eigenvalue weighted by Crippen LogP contribution is 2.37. The number of rotatable bonds is 6. The average molecular weight is 443 g/mol. The molecule has 3 heterocycles. The van der Waals surface area contributed by atoms with Gasteiger partial charge in [0.05, 0.1) is 6.61 Å². The molecule has 0 unspecified atom stereocenters. The quantitative estimate of drug-likeness (QED) is 0.539. The van der Waals surface area contributed by atoms with Gasteiger partial charge in [0.2, 0.25) is 0 Å². The molecule has 1 aliphatic heterocycles. The molecule has 168 valence electrons. The van der Waals surface area contributed by atoms with Crippen LogP contribution in [0.1, 0.15) is 52.2 Å². The monoisotopic (exact) mass is 442 g/mol. The topological polar surface area (TPSA) is 90.9 Å². The lowest BCUT2D eigenvalue weighted by atomic mass is 10.1. The first-order chi connectivity index (χ1) is 14.8. The Labute approximate surface area is 189 Å². The maximum absolute atomic E-state index is 6.08. The van der Waals surface area contributed by atoms with Gasteiger partial charge in [0.25, 0.3) is 0 Å². The van der Waals surface area contributed by atoms with Crippen LogP contribution in [0.2, 0.25) is 0 Å². The predicted molar refractivity (Wildman–Crippen MR) is 128 cm³/mol. The Morgan fingerprint density at radius 3 is 2.74 bits per heavy atom. The van der Waals surface area contributed by atoms with Crippen LogP contribution in [0.25, 0.3) is 11.2 Å². The van der Waals surface area contributed by atoms with Crippen molar-refractivity contribution >= 4 is 28.7 Å². The van der Waals surface area contributed by atoms with Crippen molar-refractivity contribution in [2.75, 3.05) is 18.9 Å². The number of hydrogen-bond acceptors (Lipinski definition) is 7. The first-order valence-electron chi connectivity index (χ1n) is 11.0. The van der Waals surface area contributed by atoms with Crippen molar-refractivity contribution in [3.05, 3.63) is 29.6 Å². The fraction of sp³-hybridized carbons (Fsp3) is 0.522. The number of fused-ring (bicyclic) bond motifs is 2. The Balaban J connectivity index is 0.00000132. The zero-order chi connectivity index (χ0) is 22.6. The number of ether oxygens (including phenoxy) is 1. The van der Waals surface area contributed by atoms with Crippen LogP contribution in [0.4, 0.5) is 5.82 Å². The van der Waals surface area contributed by atoms with Crippen molar-refractivity contribution in [1.29, 1.82) is 0 Å². The number of nitrogens with one attached hydrogen (secondary N) is 1. The molecule has 3 N–H and O–H groups in total. The molecule has 0 radical (unpaired) electrons. The summed E-state index contributed by atoms with van der Waals surface area (Å²) in [6.07, 6.45) is 3.45. The maximum atomic E-state index is 6.08. The molecular formula is C23H34N6OS. The number of aryl methyl sites for hydroxylation is 2. The van der Waals surface area contributed by atoms with E-state index in [-0.39, 0.29) is 5.54 Å². The van der Waals surface area contributed by atoms with Crippen LogP contribution in [-0.2, 0) is 13.0 Å². The SMILES string of the molecule is CC.Cc1cc2c(cc1Sc1nc3c(N)ncnc3n1CCCNC(C)(C)C)OCC2. The van der Waals surface area contributed by atoms with Crippen molar-refractivity contribution < 1.29 is 4.74 Å². The minimum atomic E-state index is 0.0999. The standard InChI is InChI=1S/C21H28N6OS.C2H6/c1-13-10-14-6-9-28-15(14)11-16(13)29-20-26-17-18(22)23-12-24-19(17)27(20)8-5-7-25-21(2,3)4;1-2/h10-12,25H,5-9H2,1-4H3,(H2,22,23,24);1-2H3. The summed E-state index contributed by atoms with van der Waals surface area (Å²) in [7, 11) is 0. The molecule has 0 saturated carbocycles. The number of nitrogens with two attached hydrogens (primary N) is 1. The number of nitrogens with zero attached hydrogens (tertiary/aromatic N) is 4. The van der Waals surface area contributed by atoms with E-state index < -0.39 is 0 Å². The summed E-state index contributed by atoms with van der Waals surface area (Å²) in [5.41, 5.74) is 10.1. The summed E-state index contributed by atoms with van der Waals surface area (Å²) in [5, 5.41) is 4.41. The van der Waals surface area contributed by atoms with Crippen molar-refractivity contribution in [3.63, 3.8) is 0 Å². The minimum Gasteiger partial charge on any atom is -0.493 e. The Kier molecular flexibility index (Phi) is 7.43. The Hall–Kier alpha value is -2.32. The van der Waals surface area contributed by atoms with Crippen LogP contribution >= 0.6 is 11.8 Å². The van der Waals surface area contributed by atoms with Gasteiger partial charge in [0, 0.05) is 23.4 Å². The molecule has 2 aromatic heterocycles. The molecule has 0 saturated heterocycles. The Bertz CT molecular complexity index is 1040. The van der Waals surface area contributed by atoms with Gasteiger partial charge in [-0.15, -0.1) is 0 Å². The number of anilines is 1. The normalized spacial score (nSPS) is 13.0. The van der Waals surface area contributed by atoms with Crippen LogP contribution in [-0.4, -0.2) is 38.2 Å². The van der Waals surface area contributed by atoms with Gasteiger partial charge in [-0.3, -0.25) is 0 Å². The third-order valence-electron chi connectivity index (χ3n) is 4.93. The lowest BCUT2D eigenvalue weighted by Crippen LogP contribution is -2.36. The van der Waals surface area contributed by atoms with Crippen molar-refractivity contribution in [1.82, 2.24) is 24.8 Å². The highest BCUT2D eigenvalue weighted by molar-refractivity contribution is 7.99. The molecule has 0 atom stereocenters. The van der Waals surface area contributed by atoms with Gasteiger partial charge in [-0.1, -0.05) is 31.7 Å². The molecular weight excluding hydrogens is 408 g/mol. The number of imidazole rings is 1. The van der Waals surface area contributed by atoms with Crippen LogP contribution in [0, 0.1) is 6.92 Å². The van der Waals surface area contributed by atoms with Crippen LogP contribution in [0.5, 0.6) is 5.75 Å². The van der Waals surface area contributed by atoms with E-state index in [0.29, 0.717) is 11.3 Å². The minimum absolute atomic E-state index is 0.0999. The lowest BCUT2D eigenvalue weighted by molar-refractivity contribution is 0.356. The third kappa shape index (κ3) is 5.49. The smallest absolute Gasteiger partial charge is 0.175 e. The van der Waals surface area contributed by atoms with Crippen molar-refractivity contribution in [2.45, 2.75) is 76.5 Å². The average Bonchev–Trinajstić information content (AvgIpc) is 3.31. The molecule has 3 aromatic rings. The Morgan fingerprint density at radius 2 is 2.00 bits per heavy atom. The number of aromatic nitrogens is 4. The first-order valence-corrected chi connectivity index (χ1v) is 11.8. The third-order valence-corrected chi connectivity index (χ3v) is 6.08. The zero-order valence-corrected chi connectivity index (χ0v) is 20.3. The van der Waals surface area contributed by atoms with Crippen LogP contribution in [0.3, 0.4) is 0 Å². The van der Waals surface area contributed by atoms with Gasteiger partial charge in [-0.2, -0.15) is 0 Å². The fourth-order valence-corrected chi connectivity index (χ4v) is 4.46. The number of nitrogen functional groups attached to an aromatic ring is 1. The number of benzene rings is 1. The van der Waals surface area contributed by atoms with Crippen LogP contribution < -0.4 is 15.8 Å². The molecule has 8 heteroatoms. The second kappa shape index (κ2) is 9.87. The highest BCUT2D eigenvalue weighted by atomic mass is 32.2. The van der Waals surface area contributed by atoms with Gasteiger partial charge < -0.3 is 20.4 Å². The second-order valence-corrected chi connectivity index (χ2v) is 9.44. The lowest BCUT2D eigenvalue weighted by Gasteiger charge is -2.20. The van der Waals surface area contributed by atoms with Gasteiger partial charge in [-0.05, 0) is 57.9 Å². The van der Waals surface area contributed by atoms with Crippen molar-refractivity contribution in [3.8, 4) is 5.75 Å². The molecule has 0 fully saturated rings. The second-order valence-electron chi connectivity index (χ2n) is 8.43. The van der Waals surface area contributed by atoms with Gasteiger partial charge in [-0.25, -0.2) is 15.0 Å². The van der Waals surface area contributed by atoms with E-state index in [9.17, 15) is 0 Å². The molecule has 1 aromatic carbocycles. The summed E-state index contributed by atoms with van der Waals surface area (Å²) >= 11 is 1.63. The molecule has 0 bridgehead atoms. The summed E-state index contributed by atoms with van der Waals surface area (Å²) in [4.78, 5) is 14.5. The van der Waals surface area contributed by atoms with Gasteiger partial charge in [0.1, 0.15) is 12.1 Å². The maximum Gasteiger partial charge on any atom is 0.175 e. The van der Waals surface area contributed by atoms with Gasteiger partial charge in [0.15, 0.2) is 22.1 Å². The first kappa shape index (κ1) is 23.3. The number of hydrogen-bond donors (Lipinski definition) is 2. The fourth-order valence-electron chi connectivity index (χ4n) is 3.45. The summed E-state index contributed by atoms with van der Waals surface area (Å²) in [6, 6.07) is 4.35. The zero-order valence-electron chi connectivity index (χ0n) is 19.5. The van der Waals surface area contributed by atoms with E-state index in [0.717, 1.165) is 54.0 Å². The molecule has 0 aliphatic carbocycles. The van der Waals surface area contributed by atoms with Crippen LogP contribution in [0.15, 0.2) is 28.5 Å². The van der Waals surface area contributed by atoms with Gasteiger partial charge >= 0.3 is 0 Å². The molecule has 31 heavy (non-hydrogen) atoms. The van der Waals surface area contributed by atoms with E-state index in [2.05, 4.69) is 59.7 Å². The molecule has 0 spiro atoms. The van der Waals surface area contributed by atoms with E-state index in [1.807, 2.05) is 13.8 Å². The molecule has 4 rings (SSSR count). The highest BCUT2D eigenvalue weighted by Gasteiger charge is 2.19. The van der Waals surface area contributed by atoms with E-state index in [1.54, 1.807) is 11.8 Å². The summed E-state index contributed by atoms with van der Waals surface area (Å²) < 4.78 is 7.91. The van der Waals surface area contributed by atoms with Crippen molar-refractivity contribution in [2.24, 2.45) is 0 Å². The Morgan fingerprint density at radius 1 is 1.23 bits per heavy atom. The summed E-state index contributed by atoms with van der Waals surface area (Å²) in [5.74, 6) is 1.40. The predicted octanol–water partition coefficient (Wildman–Crippen LogP) is 4.61. The largest absolute Gasteiger partial charge is 0.493 e. The molecule has 1 aliphatic rings. The molecule has 0 amide bonds.